The van der Waals surface area contributed by atoms with E-state index in [1.54, 1.807) is 24.3 Å². The minimum atomic E-state index is -0.520. The van der Waals surface area contributed by atoms with E-state index in [0.29, 0.717) is 24.6 Å². The maximum Gasteiger partial charge on any atom is 0.231 e. The van der Waals surface area contributed by atoms with Crippen LogP contribution in [0.5, 0.6) is 5.75 Å². The van der Waals surface area contributed by atoms with Crippen molar-refractivity contribution in [3.05, 3.63) is 24.3 Å². The Hall–Kier alpha value is -2.28. The Balaban J connectivity index is 2.40. The number of nitrogens with two attached hydrogens (primary N) is 3. The Labute approximate surface area is 111 Å². The van der Waals surface area contributed by atoms with Crippen LogP contribution < -0.4 is 21.9 Å². The highest BCUT2D eigenvalue weighted by Crippen LogP contribution is 2.12. The van der Waals surface area contributed by atoms with Gasteiger partial charge in [0.2, 0.25) is 11.8 Å². The summed E-state index contributed by atoms with van der Waals surface area (Å²) in [6, 6.07) is 6.92. The lowest BCUT2D eigenvalue weighted by atomic mass is 10.3. The summed E-state index contributed by atoms with van der Waals surface area (Å²) >= 11 is 0. The van der Waals surface area contributed by atoms with Gasteiger partial charge in [-0.05, 0) is 24.3 Å². The molecule has 1 aromatic rings. The first-order valence-electron chi connectivity index (χ1n) is 5.74. The molecule has 0 radical (unpaired) electrons. The molecule has 104 valence electrons. The summed E-state index contributed by atoms with van der Waals surface area (Å²) in [5, 5.41) is 0. The number of hydrogen-bond acceptors (Lipinski definition) is 5. The highest BCUT2D eigenvalue weighted by atomic mass is 16.5. The van der Waals surface area contributed by atoms with Crippen molar-refractivity contribution in [2.75, 3.05) is 32.0 Å². The lowest BCUT2D eigenvalue weighted by molar-refractivity contribution is -0.122. The molecule has 0 saturated heterocycles. The van der Waals surface area contributed by atoms with E-state index in [-0.39, 0.29) is 13.1 Å². The van der Waals surface area contributed by atoms with Gasteiger partial charge < -0.3 is 21.9 Å². The first-order chi connectivity index (χ1) is 8.97. The van der Waals surface area contributed by atoms with Crippen molar-refractivity contribution in [3.8, 4) is 5.75 Å². The first kappa shape index (κ1) is 14.8. The topological polar surface area (TPSA) is 125 Å². The molecule has 19 heavy (non-hydrogen) atoms. The van der Waals surface area contributed by atoms with Crippen molar-refractivity contribution in [1.82, 2.24) is 4.90 Å². The number of nitrogens with zero attached hydrogens (tertiary/aromatic N) is 1. The molecule has 7 heteroatoms. The van der Waals surface area contributed by atoms with Crippen LogP contribution in [-0.2, 0) is 9.59 Å². The molecule has 0 unspecified atom stereocenters. The van der Waals surface area contributed by atoms with Gasteiger partial charge in [-0.25, -0.2) is 0 Å². The van der Waals surface area contributed by atoms with E-state index < -0.39 is 11.8 Å². The van der Waals surface area contributed by atoms with Crippen LogP contribution in [0.1, 0.15) is 0 Å². The average molecular weight is 266 g/mol. The van der Waals surface area contributed by atoms with Gasteiger partial charge in [-0.2, -0.15) is 0 Å². The van der Waals surface area contributed by atoms with Gasteiger partial charge in [-0.3, -0.25) is 14.5 Å². The molecule has 0 heterocycles. The first-order valence-corrected chi connectivity index (χ1v) is 5.74. The molecule has 2 amide bonds. The molecule has 0 aliphatic rings. The van der Waals surface area contributed by atoms with Crippen LogP contribution in [0.2, 0.25) is 0 Å². The number of benzene rings is 1. The lowest BCUT2D eigenvalue weighted by Gasteiger charge is -2.18. The van der Waals surface area contributed by atoms with Gasteiger partial charge in [0.25, 0.3) is 0 Å². The Morgan fingerprint density at radius 1 is 1.05 bits per heavy atom. The second kappa shape index (κ2) is 7.22. The lowest BCUT2D eigenvalue weighted by Crippen LogP contribution is -2.41. The van der Waals surface area contributed by atoms with Gasteiger partial charge in [0.1, 0.15) is 12.4 Å². The van der Waals surface area contributed by atoms with Gasteiger partial charge in [-0.15, -0.1) is 0 Å². The summed E-state index contributed by atoms with van der Waals surface area (Å²) in [4.78, 5) is 23.2. The van der Waals surface area contributed by atoms with E-state index in [0.717, 1.165) is 0 Å². The van der Waals surface area contributed by atoms with Crippen LogP contribution in [-0.4, -0.2) is 43.0 Å². The fraction of sp³-hybridized carbons (Fsp3) is 0.333. The largest absolute Gasteiger partial charge is 0.492 e. The van der Waals surface area contributed by atoms with Gasteiger partial charge in [0.05, 0.1) is 13.1 Å². The Morgan fingerprint density at radius 3 is 2.05 bits per heavy atom. The van der Waals surface area contributed by atoms with E-state index in [2.05, 4.69) is 0 Å². The molecule has 0 aliphatic heterocycles. The molecule has 0 spiro atoms. The Bertz CT molecular complexity index is 417. The van der Waals surface area contributed by atoms with Gasteiger partial charge in [0, 0.05) is 12.2 Å². The fourth-order valence-electron chi connectivity index (χ4n) is 1.51. The van der Waals surface area contributed by atoms with Crippen molar-refractivity contribution in [1.29, 1.82) is 0 Å². The van der Waals surface area contributed by atoms with E-state index in [9.17, 15) is 9.59 Å². The van der Waals surface area contributed by atoms with Crippen molar-refractivity contribution in [2.45, 2.75) is 0 Å². The summed E-state index contributed by atoms with van der Waals surface area (Å²) < 4.78 is 5.45. The number of anilines is 1. The number of hydrogen-bond donors (Lipinski definition) is 3. The van der Waals surface area contributed by atoms with Crippen molar-refractivity contribution >= 4 is 17.5 Å². The van der Waals surface area contributed by atoms with Crippen molar-refractivity contribution < 1.29 is 14.3 Å². The molecular formula is C12H18N4O3. The number of nitrogen functional groups attached to an aromatic ring is 1. The maximum absolute atomic E-state index is 10.8. The summed E-state index contributed by atoms with van der Waals surface area (Å²) in [6.07, 6.45) is 0. The average Bonchev–Trinajstić information content (AvgIpc) is 2.30. The maximum atomic E-state index is 10.8. The van der Waals surface area contributed by atoms with E-state index >= 15 is 0 Å². The van der Waals surface area contributed by atoms with Crippen LogP contribution in [0.25, 0.3) is 0 Å². The monoisotopic (exact) mass is 266 g/mol. The molecule has 0 saturated carbocycles. The molecule has 1 aromatic carbocycles. The smallest absolute Gasteiger partial charge is 0.231 e. The second-order valence-corrected chi connectivity index (χ2v) is 4.06. The predicted octanol–water partition coefficient (Wildman–Crippen LogP) is -1.08. The highest BCUT2D eigenvalue weighted by Gasteiger charge is 2.11. The SMILES string of the molecule is NC(=O)CN(CCOc1ccc(N)cc1)CC(N)=O. The minimum absolute atomic E-state index is 0.0337. The van der Waals surface area contributed by atoms with Gasteiger partial charge in [-0.1, -0.05) is 0 Å². The molecule has 0 bridgehead atoms. The van der Waals surface area contributed by atoms with Crippen LogP contribution in [0, 0.1) is 0 Å². The van der Waals surface area contributed by atoms with E-state index in [1.807, 2.05) is 0 Å². The van der Waals surface area contributed by atoms with Crippen molar-refractivity contribution in [3.63, 3.8) is 0 Å². The number of amides is 2. The molecule has 1 rings (SSSR count). The van der Waals surface area contributed by atoms with Crippen LogP contribution >= 0.6 is 0 Å². The number of rotatable bonds is 8. The molecule has 0 fully saturated rings. The zero-order chi connectivity index (χ0) is 14.3. The van der Waals surface area contributed by atoms with Crippen LogP contribution in [0.4, 0.5) is 5.69 Å². The Kier molecular flexibility index (Phi) is 5.62. The van der Waals surface area contributed by atoms with Gasteiger partial charge in [0.15, 0.2) is 0 Å². The number of ether oxygens (including phenoxy) is 1. The molecule has 0 aromatic heterocycles. The predicted molar refractivity (Wildman–Crippen MR) is 71.2 cm³/mol. The van der Waals surface area contributed by atoms with Crippen LogP contribution in [0.3, 0.4) is 0 Å². The third-order valence-electron chi connectivity index (χ3n) is 2.32. The Morgan fingerprint density at radius 2 is 1.58 bits per heavy atom. The highest BCUT2D eigenvalue weighted by molar-refractivity contribution is 5.79. The second-order valence-electron chi connectivity index (χ2n) is 4.06. The van der Waals surface area contributed by atoms with Gasteiger partial charge >= 0.3 is 0 Å². The van der Waals surface area contributed by atoms with Crippen LogP contribution in [0.15, 0.2) is 24.3 Å². The molecule has 6 N–H and O–H groups in total. The fourth-order valence-corrected chi connectivity index (χ4v) is 1.51. The quantitative estimate of drug-likeness (QED) is 0.516. The van der Waals surface area contributed by atoms with E-state index in [1.165, 1.54) is 4.90 Å². The molecule has 7 nitrogen and oxygen atoms in total. The standard InChI is InChI=1S/C12H18N4O3/c13-9-1-3-10(4-2-9)19-6-5-16(7-11(14)17)8-12(15)18/h1-4H,5-8,13H2,(H2,14,17)(H2,15,18). The number of carbonyl (C=O) groups excluding carboxylic acids is 2. The molecule has 0 atom stereocenters. The number of carbonyl (C=O) groups is 2. The molecular weight excluding hydrogens is 248 g/mol. The minimum Gasteiger partial charge on any atom is -0.492 e. The normalized spacial score (nSPS) is 10.4. The summed E-state index contributed by atoms with van der Waals surface area (Å²) in [5.41, 5.74) is 16.4. The molecule has 0 aliphatic carbocycles. The number of primary amides is 2. The zero-order valence-corrected chi connectivity index (χ0v) is 10.5. The third kappa shape index (κ3) is 6.27. The van der Waals surface area contributed by atoms with E-state index in [4.69, 9.17) is 21.9 Å². The van der Waals surface area contributed by atoms with Crippen molar-refractivity contribution in [2.24, 2.45) is 11.5 Å². The zero-order valence-electron chi connectivity index (χ0n) is 10.5. The summed E-state index contributed by atoms with van der Waals surface area (Å²) in [6.45, 7) is 0.614. The summed E-state index contributed by atoms with van der Waals surface area (Å²) in [5.74, 6) is -0.380. The summed E-state index contributed by atoms with van der Waals surface area (Å²) in [7, 11) is 0. The third-order valence-corrected chi connectivity index (χ3v) is 2.32.